The summed E-state index contributed by atoms with van der Waals surface area (Å²) in [6.07, 6.45) is -10.5. The van der Waals surface area contributed by atoms with Crippen LogP contribution >= 0.6 is 0 Å². The number of halogens is 6. The Kier molecular flexibility index (Phi) is 9.76. The molecule has 2 aliphatic rings. The maximum atomic E-state index is 13.6. The van der Waals surface area contributed by atoms with Gasteiger partial charge in [0, 0.05) is 24.7 Å². The average molecular weight is 671 g/mol. The molecule has 2 aromatic carbocycles. The maximum Gasteiger partial charge on any atom is 0.416 e. The number of hydrogen-bond acceptors (Lipinski definition) is 5. The van der Waals surface area contributed by atoms with E-state index in [-0.39, 0.29) is 30.5 Å². The molecule has 258 valence electrons. The van der Waals surface area contributed by atoms with Crippen LogP contribution in [0.2, 0.25) is 0 Å². The standard InChI is InChI=1S/C34H40F6N2O5/c1-19-29(21-12-23(33(35,36)37)14-24(13-21)34(38,39)40)47-30(44)41(19)17-22-16-31(3,4)11-10-26(22)27-15-25(8-9-28(27)46-7)42(20(2)43)18-32(5,6)45/h8-9,12-15,19,29,45H,10-11,16-18H2,1-7H3. The van der Waals surface area contributed by atoms with Crippen molar-refractivity contribution in [3.8, 4) is 5.75 Å². The van der Waals surface area contributed by atoms with Gasteiger partial charge in [-0.2, -0.15) is 26.3 Å². The van der Waals surface area contributed by atoms with E-state index in [1.807, 2.05) is 0 Å². The topological polar surface area (TPSA) is 79.3 Å². The number of hydrogen-bond donors (Lipinski definition) is 1. The normalized spacial score (nSPS) is 20.4. The molecular formula is C34H40F6N2O5. The Morgan fingerprint density at radius 3 is 2.17 bits per heavy atom. The van der Waals surface area contributed by atoms with Crippen LogP contribution in [0.5, 0.6) is 5.75 Å². The Bertz CT molecular complexity index is 1530. The summed E-state index contributed by atoms with van der Waals surface area (Å²) in [6.45, 7) is 10.3. The van der Waals surface area contributed by atoms with Crippen molar-refractivity contribution in [1.29, 1.82) is 0 Å². The van der Waals surface area contributed by atoms with Gasteiger partial charge in [0.2, 0.25) is 5.91 Å². The van der Waals surface area contributed by atoms with Gasteiger partial charge in [-0.25, -0.2) is 4.79 Å². The fourth-order valence-corrected chi connectivity index (χ4v) is 6.27. The van der Waals surface area contributed by atoms with E-state index in [0.29, 0.717) is 42.0 Å². The zero-order valence-corrected chi connectivity index (χ0v) is 27.4. The molecule has 1 aliphatic heterocycles. The number of nitrogens with zero attached hydrogens (tertiary/aromatic N) is 2. The van der Waals surface area contributed by atoms with Crippen LogP contribution in [-0.2, 0) is 21.9 Å². The van der Waals surface area contributed by atoms with Crippen LogP contribution in [0, 0.1) is 5.41 Å². The first-order valence-electron chi connectivity index (χ1n) is 15.2. The van der Waals surface area contributed by atoms with Crippen molar-refractivity contribution in [3.63, 3.8) is 0 Å². The number of amides is 2. The molecule has 4 rings (SSSR count). The maximum absolute atomic E-state index is 13.6. The van der Waals surface area contributed by atoms with Gasteiger partial charge in [-0.1, -0.05) is 13.8 Å². The number of carbonyl (C=O) groups excluding carboxylic acids is 2. The van der Waals surface area contributed by atoms with Crippen molar-refractivity contribution in [2.75, 3.05) is 25.1 Å². The molecule has 2 unspecified atom stereocenters. The fraction of sp³-hybridized carbons (Fsp3) is 0.529. The average Bonchev–Trinajstić information content (AvgIpc) is 3.22. The van der Waals surface area contributed by atoms with Crippen LogP contribution < -0.4 is 9.64 Å². The lowest BCUT2D eigenvalue weighted by molar-refractivity contribution is -0.143. The second kappa shape index (κ2) is 12.7. The largest absolute Gasteiger partial charge is 0.496 e. The van der Waals surface area contributed by atoms with Crippen molar-refractivity contribution in [1.82, 2.24) is 4.90 Å². The number of rotatable bonds is 8. The molecule has 0 bridgehead atoms. The second-order valence-electron chi connectivity index (χ2n) is 13.7. The molecule has 0 saturated carbocycles. The van der Waals surface area contributed by atoms with E-state index in [1.54, 1.807) is 32.0 Å². The summed E-state index contributed by atoms with van der Waals surface area (Å²) in [7, 11) is 1.50. The summed E-state index contributed by atoms with van der Waals surface area (Å²) in [5.41, 5.74) is -1.90. The molecule has 13 heteroatoms. The van der Waals surface area contributed by atoms with Gasteiger partial charge < -0.3 is 19.5 Å². The van der Waals surface area contributed by atoms with E-state index in [1.165, 1.54) is 30.8 Å². The van der Waals surface area contributed by atoms with Gasteiger partial charge in [-0.3, -0.25) is 9.69 Å². The Hall–Kier alpha value is -3.74. The molecule has 1 fully saturated rings. The summed E-state index contributed by atoms with van der Waals surface area (Å²) < 4.78 is 92.7. The lowest BCUT2D eigenvalue weighted by Crippen LogP contribution is -2.41. The molecule has 0 aromatic heterocycles. The zero-order valence-electron chi connectivity index (χ0n) is 27.4. The van der Waals surface area contributed by atoms with Gasteiger partial charge in [0.15, 0.2) is 0 Å². The quantitative estimate of drug-likeness (QED) is 0.286. The number of carbonyl (C=O) groups is 2. The molecule has 2 aromatic rings. The third kappa shape index (κ3) is 8.22. The molecule has 2 atom stereocenters. The van der Waals surface area contributed by atoms with E-state index in [0.717, 1.165) is 17.6 Å². The smallest absolute Gasteiger partial charge is 0.416 e. The van der Waals surface area contributed by atoms with Crippen LogP contribution in [0.4, 0.5) is 36.8 Å². The van der Waals surface area contributed by atoms with Crippen LogP contribution in [0.1, 0.15) is 89.2 Å². The highest BCUT2D eigenvalue weighted by Gasteiger charge is 2.44. The number of alkyl halides is 6. The Labute approximate surface area is 270 Å². The van der Waals surface area contributed by atoms with Crippen molar-refractivity contribution in [2.24, 2.45) is 5.41 Å². The molecule has 0 spiro atoms. The van der Waals surface area contributed by atoms with Crippen molar-refractivity contribution < 1.29 is 50.5 Å². The van der Waals surface area contributed by atoms with Gasteiger partial charge in [0.1, 0.15) is 11.9 Å². The molecule has 2 amide bonds. The molecular weight excluding hydrogens is 630 g/mol. The number of ether oxygens (including phenoxy) is 2. The zero-order chi connectivity index (χ0) is 35.3. The highest BCUT2D eigenvalue weighted by Crippen LogP contribution is 2.47. The number of aliphatic hydroxyl groups is 1. The van der Waals surface area contributed by atoms with Crippen LogP contribution in [0.3, 0.4) is 0 Å². The summed E-state index contributed by atoms with van der Waals surface area (Å²) in [5, 5.41) is 10.5. The number of methoxy groups -OCH3 is 1. The molecule has 1 saturated heterocycles. The minimum Gasteiger partial charge on any atom is -0.496 e. The SMILES string of the molecule is COc1ccc(N(CC(C)(C)O)C(C)=O)cc1C1=C(CN2C(=O)OC(c3cc(C(F)(F)F)cc(C(F)(F)F)c3)C2C)CC(C)(C)CC1. The highest BCUT2D eigenvalue weighted by atomic mass is 19.4. The number of benzene rings is 2. The van der Waals surface area contributed by atoms with Crippen molar-refractivity contribution in [3.05, 3.63) is 64.2 Å². The summed E-state index contributed by atoms with van der Waals surface area (Å²) in [5.74, 6) is 0.219. The lowest BCUT2D eigenvalue weighted by Gasteiger charge is -2.36. The van der Waals surface area contributed by atoms with Gasteiger partial charge in [0.25, 0.3) is 0 Å². The summed E-state index contributed by atoms with van der Waals surface area (Å²) in [4.78, 5) is 28.6. The monoisotopic (exact) mass is 670 g/mol. The summed E-state index contributed by atoms with van der Waals surface area (Å²) >= 11 is 0. The molecule has 1 N–H and O–H groups in total. The van der Waals surface area contributed by atoms with E-state index in [2.05, 4.69) is 13.8 Å². The van der Waals surface area contributed by atoms with Crippen LogP contribution in [-0.4, -0.2) is 53.8 Å². The Morgan fingerprint density at radius 2 is 1.66 bits per heavy atom. The van der Waals surface area contributed by atoms with Gasteiger partial charge in [-0.05, 0) is 98.6 Å². The Balaban J connectivity index is 1.77. The van der Waals surface area contributed by atoms with Gasteiger partial charge >= 0.3 is 18.4 Å². The number of cyclic esters (lactones) is 1. The fourth-order valence-electron chi connectivity index (χ4n) is 6.27. The first kappa shape index (κ1) is 36.1. The minimum atomic E-state index is -5.05. The lowest BCUT2D eigenvalue weighted by atomic mass is 9.72. The molecule has 47 heavy (non-hydrogen) atoms. The molecule has 1 heterocycles. The Morgan fingerprint density at radius 1 is 1.06 bits per heavy atom. The van der Waals surface area contributed by atoms with E-state index >= 15 is 0 Å². The van der Waals surface area contributed by atoms with E-state index in [9.17, 15) is 41.0 Å². The highest BCUT2D eigenvalue weighted by molar-refractivity contribution is 5.93. The third-order valence-corrected chi connectivity index (χ3v) is 8.61. The third-order valence-electron chi connectivity index (χ3n) is 8.61. The summed E-state index contributed by atoms with van der Waals surface area (Å²) in [6, 6.07) is 5.52. The van der Waals surface area contributed by atoms with E-state index in [4.69, 9.17) is 9.47 Å². The van der Waals surface area contributed by atoms with Crippen LogP contribution in [0.25, 0.3) is 5.57 Å². The van der Waals surface area contributed by atoms with Gasteiger partial charge in [-0.15, -0.1) is 0 Å². The molecule has 1 aliphatic carbocycles. The van der Waals surface area contributed by atoms with Gasteiger partial charge in [0.05, 0.1) is 36.4 Å². The van der Waals surface area contributed by atoms with Crippen LogP contribution in [0.15, 0.2) is 42.0 Å². The second-order valence-corrected chi connectivity index (χ2v) is 13.7. The minimum absolute atomic E-state index is 0.00777. The first-order chi connectivity index (χ1) is 21.5. The first-order valence-corrected chi connectivity index (χ1v) is 15.2. The van der Waals surface area contributed by atoms with Crippen molar-refractivity contribution >= 4 is 23.3 Å². The number of allylic oxidation sites excluding steroid dienone is 1. The molecule has 0 radical (unpaired) electrons. The predicted molar refractivity (Wildman–Crippen MR) is 164 cm³/mol. The predicted octanol–water partition coefficient (Wildman–Crippen LogP) is 8.40. The van der Waals surface area contributed by atoms with E-state index < -0.39 is 52.9 Å². The van der Waals surface area contributed by atoms with Crippen molar-refractivity contribution in [2.45, 2.75) is 90.9 Å². The number of anilines is 1. The molecule has 7 nitrogen and oxygen atoms in total.